The van der Waals surface area contributed by atoms with Gasteiger partial charge in [-0.05, 0) is 53.2 Å². The first-order valence-electron chi connectivity index (χ1n) is 7.52. The van der Waals surface area contributed by atoms with Crippen molar-refractivity contribution in [2.75, 3.05) is 12.4 Å². The van der Waals surface area contributed by atoms with Crippen LogP contribution in [0.5, 0.6) is 5.75 Å². The number of fused-ring (bicyclic) bond motifs is 2. The number of aromatic nitrogens is 1. The van der Waals surface area contributed by atoms with Crippen molar-refractivity contribution in [1.29, 1.82) is 0 Å². The van der Waals surface area contributed by atoms with E-state index in [2.05, 4.69) is 46.7 Å². The van der Waals surface area contributed by atoms with E-state index in [0.717, 1.165) is 28.2 Å². The molecule has 0 saturated carbocycles. The molecular weight excluding hydrogens is 284 g/mol. The zero-order chi connectivity index (χ0) is 15.6. The number of pyridine rings is 1. The van der Waals surface area contributed by atoms with Crippen molar-refractivity contribution < 1.29 is 4.74 Å². The summed E-state index contributed by atoms with van der Waals surface area (Å²) in [4.78, 5) is 4.66. The van der Waals surface area contributed by atoms with Crippen molar-refractivity contribution in [3.63, 3.8) is 0 Å². The average molecular weight is 300 g/mol. The average Bonchev–Trinajstić information content (AvgIpc) is 2.61. The van der Waals surface area contributed by atoms with Gasteiger partial charge in [-0.25, -0.2) is 4.98 Å². The van der Waals surface area contributed by atoms with Gasteiger partial charge in [0.15, 0.2) is 0 Å². The third-order valence-electron chi connectivity index (χ3n) is 3.92. The topological polar surface area (TPSA) is 34.1 Å². The zero-order valence-electron chi connectivity index (χ0n) is 12.8. The highest BCUT2D eigenvalue weighted by Gasteiger charge is 2.02. The molecule has 0 aliphatic rings. The molecule has 0 bridgehead atoms. The third-order valence-corrected chi connectivity index (χ3v) is 3.92. The third kappa shape index (κ3) is 2.69. The molecular formula is C20H16N2O. The second kappa shape index (κ2) is 5.61. The predicted molar refractivity (Wildman–Crippen MR) is 95.5 cm³/mol. The SMILES string of the molecule is COc1ccc2nc(Nc3ccc4ccccc4c3)ccc2c1. The lowest BCUT2D eigenvalue weighted by atomic mass is 10.1. The Hall–Kier alpha value is -3.07. The Kier molecular flexibility index (Phi) is 3.31. The fraction of sp³-hybridized carbons (Fsp3) is 0.0500. The number of nitrogens with one attached hydrogen (secondary N) is 1. The Morgan fingerprint density at radius 3 is 2.48 bits per heavy atom. The lowest BCUT2D eigenvalue weighted by Crippen LogP contribution is -1.94. The zero-order valence-corrected chi connectivity index (χ0v) is 12.8. The van der Waals surface area contributed by atoms with E-state index in [9.17, 15) is 0 Å². The summed E-state index contributed by atoms with van der Waals surface area (Å²) in [7, 11) is 1.67. The molecule has 0 spiro atoms. The molecule has 0 amide bonds. The van der Waals surface area contributed by atoms with E-state index in [4.69, 9.17) is 4.74 Å². The highest BCUT2D eigenvalue weighted by molar-refractivity contribution is 5.87. The highest BCUT2D eigenvalue weighted by atomic mass is 16.5. The molecule has 0 fully saturated rings. The largest absolute Gasteiger partial charge is 0.497 e. The van der Waals surface area contributed by atoms with Crippen LogP contribution in [0.25, 0.3) is 21.7 Å². The van der Waals surface area contributed by atoms with Crippen molar-refractivity contribution >= 4 is 33.2 Å². The van der Waals surface area contributed by atoms with Gasteiger partial charge >= 0.3 is 0 Å². The number of anilines is 2. The standard InChI is InChI=1S/C20H16N2O/c1-23-18-9-10-19-16(13-18)7-11-20(22-19)21-17-8-6-14-4-2-3-5-15(14)12-17/h2-13H,1H3,(H,21,22). The molecule has 0 aliphatic carbocycles. The number of benzene rings is 3. The summed E-state index contributed by atoms with van der Waals surface area (Å²) in [6, 6.07) is 24.6. The second-order valence-corrected chi connectivity index (χ2v) is 5.44. The van der Waals surface area contributed by atoms with E-state index in [0.29, 0.717) is 0 Å². The number of rotatable bonds is 3. The smallest absolute Gasteiger partial charge is 0.131 e. The van der Waals surface area contributed by atoms with Crippen LogP contribution in [0, 0.1) is 0 Å². The second-order valence-electron chi connectivity index (χ2n) is 5.44. The van der Waals surface area contributed by atoms with Gasteiger partial charge in [0.05, 0.1) is 12.6 Å². The van der Waals surface area contributed by atoms with E-state index in [1.807, 2.05) is 36.4 Å². The van der Waals surface area contributed by atoms with E-state index in [1.54, 1.807) is 7.11 Å². The van der Waals surface area contributed by atoms with Gasteiger partial charge in [-0.2, -0.15) is 0 Å². The first-order chi connectivity index (χ1) is 11.3. The normalized spacial score (nSPS) is 10.8. The fourth-order valence-electron chi connectivity index (χ4n) is 2.72. The van der Waals surface area contributed by atoms with Gasteiger partial charge in [-0.15, -0.1) is 0 Å². The van der Waals surface area contributed by atoms with Gasteiger partial charge < -0.3 is 10.1 Å². The molecule has 4 aromatic rings. The summed E-state index contributed by atoms with van der Waals surface area (Å²) < 4.78 is 5.25. The Balaban J connectivity index is 1.68. The van der Waals surface area contributed by atoms with Crippen LogP contribution in [0.1, 0.15) is 0 Å². The summed E-state index contributed by atoms with van der Waals surface area (Å²) in [5.41, 5.74) is 1.97. The minimum Gasteiger partial charge on any atom is -0.497 e. The quantitative estimate of drug-likeness (QED) is 0.569. The van der Waals surface area contributed by atoms with E-state index < -0.39 is 0 Å². The molecule has 4 rings (SSSR count). The van der Waals surface area contributed by atoms with Crippen LogP contribution in [-0.2, 0) is 0 Å². The van der Waals surface area contributed by atoms with Crippen molar-refractivity contribution in [3.05, 3.63) is 72.8 Å². The maximum absolute atomic E-state index is 5.25. The Labute approximate surface area is 134 Å². The number of ether oxygens (including phenoxy) is 1. The van der Waals surface area contributed by atoms with Crippen LogP contribution in [0.4, 0.5) is 11.5 Å². The molecule has 0 saturated heterocycles. The number of nitrogens with zero attached hydrogens (tertiary/aromatic N) is 1. The molecule has 0 aliphatic heterocycles. The first-order valence-corrected chi connectivity index (χ1v) is 7.52. The van der Waals surface area contributed by atoms with Gasteiger partial charge in [0.2, 0.25) is 0 Å². The van der Waals surface area contributed by atoms with Crippen LogP contribution in [0.3, 0.4) is 0 Å². The molecule has 1 N–H and O–H groups in total. The van der Waals surface area contributed by atoms with Gasteiger partial charge in [-0.3, -0.25) is 0 Å². The molecule has 3 aromatic carbocycles. The number of methoxy groups -OCH3 is 1. The van der Waals surface area contributed by atoms with Gasteiger partial charge in [0.25, 0.3) is 0 Å². The molecule has 0 unspecified atom stereocenters. The van der Waals surface area contributed by atoms with Crippen molar-refractivity contribution in [2.45, 2.75) is 0 Å². The van der Waals surface area contributed by atoms with Crippen LogP contribution in [0.2, 0.25) is 0 Å². The van der Waals surface area contributed by atoms with Crippen molar-refractivity contribution in [2.24, 2.45) is 0 Å². The molecule has 0 atom stereocenters. The van der Waals surface area contributed by atoms with Gasteiger partial charge in [0.1, 0.15) is 11.6 Å². The van der Waals surface area contributed by atoms with Crippen molar-refractivity contribution in [1.82, 2.24) is 4.98 Å². The lowest BCUT2D eigenvalue weighted by molar-refractivity contribution is 0.415. The van der Waals surface area contributed by atoms with E-state index in [1.165, 1.54) is 10.8 Å². The van der Waals surface area contributed by atoms with Crippen molar-refractivity contribution in [3.8, 4) is 5.75 Å². The van der Waals surface area contributed by atoms with Gasteiger partial charge in [-0.1, -0.05) is 30.3 Å². The predicted octanol–water partition coefficient (Wildman–Crippen LogP) is 5.14. The Morgan fingerprint density at radius 2 is 1.61 bits per heavy atom. The van der Waals surface area contributed by atoms with E-state index in [-0.39, 0.29) is 0 Å². The maximum Gasteiger partial charge on any atom is 0.131 e. The molecule has 0 radical (unpaired) electrons. The highest BCUT2D eigenvalue weighted by Crippen LogP contribution is 2.24. The molecule has 3 heteroatoms. The maximum atomic E-state index is 5.25. The van der Waals surface area contributed by atoms with E-state index >= 15 is 0 Å². The molecule has 1 aromatic heterocycles. The summed E-state index contributed by atoms with van der Waals surface area (Å²) in [6.45, 7) is 0. The van der Waals surface area contributed by atoms with Crippen LogP contribution in [-0.4, -0.2) is 12.1 Å². The minimum absolute atomic E-state index is 0.831. The van der Waals surface area contributed by atoms with Crippen LogP contribution < -0.4 is 10.1 Å². The number of hydrogen-bond acceptors (Lipinski definition) is 3. The molecule has 23 heavy (non-hydrogen) atoms. The summed E-state index contributed by atoms with van der Waals surface area (Å²) in [5, 5.41) is 6.88. The molecule has 3 nitrogen and oxygen atoms in total. The van der Waals surface area contributed by atoms with Gasteiger partial charge in [0, 0.05) is 11.1 Å². The monoisotopic (exact) mass is 300 g/mol. The molecule has 1 heterocycles. The first kappa shape index (κ1) is 13.6. The summed E-state index contributed by atoms with van der Waals surface area (Å²) in [6.07, 6.45) is 0. The Bertz CT molecular complexity index is 995. The fourth-order valence-corrected chi connectivity index (χ4v) is 2.72. The lowest BCUT2D eigenvalue weighted by Gasteiger charge is -2.08. The Morgan fingerprint density at radius 1 is 0.783 bits per heavy atom. The summed E-state index contributed by atoms with van der Waals surface area (Å²) in [5.74, 6) is 1.67. The summed E-state index contributed by atoms with van der Waals surface area (Å²) >= 11 is 0. The number of hydrogen-bond donors (Lipinski definition) is 1. The molecule has 112 valence electrons. The van der Waals surface area contributed by atoms with Crippen LogP contribution >= 0.6 is 0 Å². The minimum atomic E-state index is 0.831. The van der Waals surface area contributed by atoms with Crippen LogP contribution in [0.15, 0.2) is 72.8 Å².